The second kappa shape index (κ2) is 4.23. The van der Waals surface area contributed by atoms with Crippen molar-refractivity contribution in [3.63, 3.8) is 0 Å². The summed E-state index contributed by atoms with van der Waals surface area (Å²) in [7, 11) is 1.66. The zero-order chi connectivity index (χ0) is 11.5. The van der Waals surface area contributed by atoms with Crippen LogP contribution in [-0.4, -0.2) is 30.6 Å². The summed E-state index contributed by atoms with van der Waals surface area (Å²) in [6, 6.07) is 0. The van der Waals surface area contributed by atoms with Gasteiger partial charge in [0.1, 0.15) is 17.2 Å². The summed E-state index contributed by atoms with van der Waals surface area (Å²) in [5.41, 5.74) is 0.160. The average molecular weight is 239 g/mol. The number of carbonyl (C=O) groups excluding carboxylic acids is 1. The zero-order valence-corrected chi connectivity index (χ0v) is 9.01. The molecule has 0 aliphatic rings. The van der Waals surface area contributed by atoms with Gasteiger partial charge in [0, 0.05) is 7.05 Å². The largest absolute Gasteiger partial charge is 0.289 e. The van der Waals surface area contributed by atoms with Gasteiger partial charge in [0.05, 0.1) is 12.4 Å². The Morgan fingerprint density at radius 2 is 2.19 bits per heavy atom. The predicted molar refractivity (Wildman–Crippen MR) is 56.0 cm³/mol. The minimum atomic E-state index is -0.416. The highest BCUT2D eigenvalue weighted by atomic mass is 35.5. The molecule has 0 saturated carbocycles. The average Bonchev–Trinajstić information content (AvgIpc) is 2.65. The Morgan fingerprint density at radius 3 is 2.75 bits per heavy atom. The highest BCUT2D eigenvalue weighted by Gasteiger charge is 2.10. The molecule has 82 valence electrons. The Balaban J connectivity index is 2.15. The van der Waals surface area contributed by atoms with Crippen molar-refractivity contribution in [3.8, 4) is 0 Å². The molecule has 0 aliphatic heterocycles. The van der Waals surface area contributed by atoms with Crippen molar-refractivity contribution in [1.82, 2.24) is 24.7 Å². The lowest BCUT2D eigenvalue weighted by Crippen LogP contribution is -2.16. The van der Waals surface area contributed by atoms with Gasteiger partial charge in [0.25, 0.3) is 5.91 Å². The van der Waals surface area contributed by atoms with Crippen LogP contribution in [0.1, 0.15) is 10.5 Å². The van der Waals surface area contributed by atoms with Crippen LogP contribution in [0.25, 0.3) is 0 Å². The molecule has 1 amide bonds. The summed E-state index contributed by atoms with van der Waals surface area (Å²) < 4.78 is 1.43. The van der Waals surface area contributed by atoms with E-state index in [4.69, 9.17) is 11.6 Å². The SMILES string of the molecule is Cn1ncnc1NC(=O)c1cnc(Cl)cn1. The smallest absolute Gasteiger partial charge is 0.278 e. The van der Waals surface area contributed by atoms with E-state index < -0.39 is 5.91 Å². The second-order valence-corrected chi connectivity index (χ2v) is 3.27. The molecule has 0 atom stereocenters. The summed E-state index contributed by atoms with van der Waals surface area (Å²) in [6.45, 7) is 0. The fraction of sp³-hybridized carbons (Fsp3) is 0.125. The predicted octanol–water partition coefficient (Wildman–Crippen LogP) is 0.511. The van der Waals surface area contributed by atoms with Crippen molar-refractivity contribution >= 4 is 23.5 Å². The maximum absolute atomic E-state index is 11.6. The number of carbonyl (C=O) groups is 1. The normalized spacial score (nSPS) is 10.1. The Morgan fingerprint density at radius 1 is 1.38 bits per heavy atom. The topological polar surface area (TPSA) is 85.6 Å². The first-order valence-corrected chi connectivity index (χ1v) is 4.67. The fourth-order valence-electron chi connectivity index (χ4n) is 1.00. The fourth-order valence-corrected chi connectivity index (χ4v) is 1.10. The zero-order valence-electron chi connectivity index (χ0n) is 8.25. The maximum Gasteiger partial charge on any atom is 0.278 e. The number of hydrogen-bond acceptors (Lipinski definition) is 5. The molecule has 2 heterocycles. The van der Waals surface area contributed by atoms with E-state index in [0.717, 1.165) is 0 Å². The van der Waals surface area contributed by atoms with Crippen LogP contribution in [0.5, 0.6) is 0 Å². The van der Waals surface area contributed by atoms with Crippen molar-refractivity contribution < 1.29 is 4.79 Å². The van der Waals surface area contributed by atoms with Gasteiger partial charge in [0.2, 0.25) is 5.95 Å². The number of nitrogens with one attached hydrogen (secondary N) is 1. The Labute approximate surface area is 95.5 Å². The van der Waals surface area contributed by atoms with Crippen LogP contribution in [0.4, 0.5) is 5.95 Å². The Kier molecular flexibility index (Phi) is 2.78. The lowest BCUT2D eigenvalue weighted by Gasteiger charge is -2.02. The van der Waals surface area contributed by atoms with E-state index in [1.54, 1.807) is 7.05 Å². The summed E-state index contributed by atoms with van der Waals surface area (Å²) in [6.07, 6.45) is 3.92. The molecule has 0 fully saturated rings. The van der Waals surface area contributed by atoms with Crippen molar-refractivity contribution in [2.75, 3.05) is 5.32 Å². The van der Waals surface area contributed by atoms with Crippen LogP contribution in [0.3, 0.4) is 0 Å². The Hall–Kier alpha value is -2.02. The first-order valence-electron chi connectivity index (χ1n) is 4.29. The second-order valence-electron chi connectivity index (χ2n) is 2.89. The molecule has 2 aromatic heterocycles. The highest BCUT2D eigenvalue weighted by Crippen LogP contribution is 2.04. The molecule has 0 unspecified atom stereocenters. The maximum atomic E-state index is 11.6. The molecule has 2 aromatic rings. The monoisotopic (exact) mass is 238 g/mol. The Bertz CT molecular complexity index is 508. The number of nitrogens with zero attached hydrogens (tertiary/aromatic N) is 5. The molecule has 0 aliphatic carbocycles. The van der Waals surface area contributed by atoms with E-state index >= 15 is 0 Å². The van der Waals surface area contributed by atoms with E-state index in [1.165, 1.54) is 23.4 Å². The van der Waals surface area contributed by atoms with Crippen LogP contribution in [0.15, 0.2) is 18.7 Å². The number of anilines is 1. The van der Waals surface area contributed by atoms with E-state index in [1.807, 2.05) is 0 Å². The minimum Gasteiger partial charge on any atom is -0.289 e. The lowest BCUT2D eigenvalue weighted by molar-refractivity contribution is 0.102. The van der Waals surface area contributed by atoms with Crippen molar-refractivity contribution in [2.24, 2.45) is 7.05 Å². The van der Waals surface area contributed by atoms with Crippen LogP contribution in [0, 0.1) is 0 Å². The van der Waals surface area contributed by atoms with Crippen LogP contribution < -0.4 is 5.32 Å². The first kappa shape index (κ1) is 10.5. The third-order valence-electron chi connectivity index (χ3n) is 1.79. The molecular weight excluding hydrogens is 232 g/mol. The standard InChI is InChI=1S/C8H7ClN6O/c1-15-8(12-4-13-15)14-7(16)5-2-11-6(9)3-10-5/h2-4H,1H3,(H,12,13,14,16). The molecule has 2 rings (SSSR count). The van der Waals surface area contributed by atoms with Gasteiger partial charge in [-0.1, -0.05) is 11.6 Å². The van der Waals surface area contributed by atoms with Crippen LogP contribution in [-0.2, 0) is 7.05 Å². The lowest BCUT2D eigenvalue weighted by atomic mass is 10.4. The van der Waals surface area contributed by atoms with Gasteiger partial charge >= 0.3 is 0 Å². The van der Waals surface area contributed by atoms with E-state index in [-0.39, 0.29) is 10.8 Å². The van der Waals surface area contributed by atoms with Crippen molar-refractivity contribution in [3.05, 3.63) is 29.6 Å². The van der Waals surface area contributed by atoms with Crippen LogP contribution in [0.2, 0.25) is 5.15 Å². The number of aryl methyl sites for hydroxylation is 1. The summed E-state index contributed by atoms with van der Waals surface area (Å²) in [4.78, 5) is 23.1. The van der Waals surface area contributed by atoms with Crippen molar-refractivity contribution in [2.45, 2.75) is 0 Å². The van der Waals surface area contributed by atoms with Gasteiger partial charge in [-0.05, 0) is 0 Å². The summed E-state index contributed by atoms with van der Waals surface area (Å²) in [5, 5.41) is 6.57. The highest BCUT2D eigenvalue weighted by molar-refractivity contribution is 6.29. The molecule has 0 aromatic carbocycles. The van der Waals surface area contributed by atoms with Crippen molar-refractivity contribution in [1.29, 1.82) is 0 Å². The van der Waals surface area contributed by atoms with Gasteiger partial charge in [0.15, 0.2) is 0 Å². The van der Waals surface area contributed by atoms with Gasteiger partial charge in [-0.15, -0.1) is 0 Å². The van der Waals surface area contributed by atoms with Gasteiger partial charge in [-0.2, -0.15) is 10.1 Å². The number of halogens is 1. The minimum absolute atomic E-state index is 0.160. The molecule has 0 spiro atoms. The summed E-state index contributed by atoms with van der Waals surface area (Å²) in [5.74, 6) is -0.0815. The van der Waals surface area contributed by atoms with E-state index in [2.05, 4.69) is 25.4 Å². The van der Waals surface area contributed by atoms with Gasteiger partial charge < -0.3 is 0 Å². The third-order valence-corrected chi connectivity index (χ3v) is 1.98. The molecule has 0 radical (unpaired) electrons. The summed E-state index contributed by atoms with van der Waals surface area (Å²) >= 11 is 5.55. The number of amides is 1. The molecule has 16 heavy (non-hydrogen) atoms. The van der Waals surface area contributed by atoms with Crippen LogP contribution >= 0.6 is 11.6 Å². The number of rotatable bonds is 2. The quantitative estimate of drug-likeness (QED) is 0.824. The first-order chi connectivity index (χ1) is 7.66. The molecule has 1 N–H and O–H groups in total. The third kappa shape index (κ3) is 2.14. The van der Waals surface area contributed by atoms with Gasteiger partial charge in [-0.25, -0.2) is 14.6 Å². The molecular formula is C8H7ClN6O. The molecule has 0 saturated heterocycles. The van der Waals surface area contributed by atoms with Gasteiger partial charge in [-0.3, -0.25) is 10.1 Å². The number of aromatic nitrogens is 5. The number of hydrogen-bond donors (Lipinski definition) is 1. The molecule has 8 heteroatoms. The van der Waals surface area contributed by atoms with E-state index in [0.29, 0.717) is 5.95 Å². The molecule has 0 bridgehead atoms. The molecule has 7 nitrogen and oxygen atoms in total. The van der Waals surface area contributed by atoms with E-state index in [9.17, 15) is 4.79 Å².